The van der Waals surface area contributed by atoms with Gasteiger partial charge in [-0.2, -0.15) is 4.72 Å². The fourth-order valence-electron chi connectivity index (χ4n) is 2.28. The molecule has 0 heterocycles. The van der Waals surface area contributed by atoms with Crippen LogP contribution >= 0.6 is 0 Å². The molecule has 124 valence electrons. The highest BCUT2D eigenvalue weighted by atomic mass is 32.2. The Morgan fingerprint density at radius 2 is 1.86 bits per heavy atom. The summed E-state index contributed by atoms with van der Waals surface area (Å²) in [6.45, 7) is 5.41. The van der Waals surface area contributed by atoms with Crippen LogP contribution in [0.15, 0.2) is 17.0 Å². The highest BCUT2D eigenvalue weighted by Crippen LogP contribution is 2.26. The molecule has 0 radical (unpaired) electrons. The molecule has 22 heavy (non-hydrogen) atoms. The standard InChI is InChI=1S/C15H23NO5S/c1-5-6-7-13(15(17)18)16-22(19,20)12-8-10(2)14(21-4)11(3)9-12/h8-9,13,16H,5-7H2,1-4H3,(H,17,18)/t13-/m0/s1. The number of unbranched alkanes of at least 4 members (excludes halogenated alkanes) is 1. The normalized spacial score (nSPS) is 12.9. The number of hydrogen-bond donors (Lipinski definition) is 2. The molecule has 7 heteroatoms. The fraction of sp³-hybridized carbons (Fsp3) is 0.533. The van der Waals surface area contributed by atoms with Crippen LogP contribution in [0.5, 0.6) is 5.75 Å². The van der Waals surface area contributed by atoms with Crippen molar-refractivity contribution in [2.45, 2.75) is 51.0 Å². The Labute approximate surface area is 131 Å². The van der Waals surface area contributed by atoms with Gasteiger partial charge in [-0.3, -0.25) is 4.79 Å². The van der Waals surface area contributed by atoms with Crippen LogP contribution in [0.3, 0.4) is 0 Å². The van der Waals surface area contributed by atoms with Crippen LogP contribution in [0.4, 0.5) is 0 Å². The summed E-state index contributed by atoms with van der Waals surface area (Å²) in [5.74, 6) is -0.543. The molecule has 1 atom stereocenters. The van der Waals surface area contributed by atoms with E-state index < -0.39 is 22.0 Å². The zero-order chi connectivity index (χ0) is 16.9. The predicted octanol–water partition coefficient (Wildman–Crippen LogP) is 2.23. The van der Waals surface area contributed by atoms with Crippen LogP contribution in [-0.2, 0) is 14.8 Å². The molecule has 0 saturated carbocycles. The van der Waals surface area contributed by atoms with E-state index in [1.54, 1.807) is 13.8 Å². The van der Waals surface area contributed by atoms with Crippen molar-refractivity contribution in [1.82, 2.24) is 4.72 Å². The van der Waals surface area contributed by atoms with Crippen LogP contribution in [0.25, 0.3) is 0 Å². The molecule has 6 nitrogen and oxygen atoms in total. The molecule has 1 aromatic rings. The van der Waals surface area contributed by atoms with Gasteiger partial charge in [0.2, 0.25) is 10.0 Å². The summed E-state index contributed by atoms with van der Waals surface area (Å²) in [4.78, 5) is 11.2. The topological polar surface area (TPSA) is 92.7 Å². The molecule has 0 saturated heterocycles. The van der Waals surface area contributed by atoms with Crippen molar-refractivity contribution in [2.75, 3.05) is 7.11 Å². The largest absolute Gasteiger partial charge is 0.496 e. The zero-order valence-corrected chi connectivity index (χ0v) is 14.2. The van der Waals surface area contributed by atoms with Gasteiger partial charge in [0.05, 0.1) is 12.0 Å². The third-order valence-electron chi connectivity index (χ3n) is 3.39. The molecule has 0 aliphatic heterocycles. The Kier molecular flexibility index (Phi) is 6.37. The SMILES string of the molecule is CCCC[C@H](NS(=O)(=O)c1cc(C)c(OC)c(C)c1)C(=O)O. The summed E-state index contributed by atoms with van der Waals surface area (Å²) >= 11 is 0. The van der Waals surface area contributed by atoms with Crippen molar-refractivity contribution in [2.24, 2.45) is 0 Å². The quantitative estimate of drug-likeness (QED) is 0.763. The summed E-state index contributed by atoms with van der Waals surface area (Å²) in [7, 11) is -2.37. The van der Waals surface area contributed by atoms with E-state index in [-0.39, 0.29) is 11.3 Å². The third kappa shape index (κ3) is 4.45. The van der Waals surface area contributed by atoms with Gasteiger partial charge >= 0.3 is 5.97 Å². The van der Waals surface area contributed by atoms with E-state index in [1.165, 1.54) is 19.2 Å². The van der Waals surface area contributed by atoms with Crippen molar-refractivity contribution in [3.8, 4) is 5.75 Å². The van der Waals surface area contributed by atoms with Crippen molar-refractivity contribution in [1.29, 1.82) is 0 Å². The lowest BCUT2D eigenvalue weighted by Gasteiger charge is -2.16. The monoisotopic (exact) mass is 329 g/mol. The molecular formula is C15H23NO5S. The number of sulfonamides is 1. The van der Waals surface area contributed by atoms with Gasteiger partial charge in [-0.05, 0) is 43.5 Å². The van der Waals surface area contributed by atoms with Crippen LogP contribution in [0.2, 0.25) is 0 Å². The van der Waals surface area contributed by atoms with E-state index in [9.17, 15) is 13.2 Å². The Morgan fingerprint density at radius 3 is 2.27 bits per heavy atom. The van der Waals surface area contributed by atoms with E-state index in [2.05, 4.69) is 4.72 Å². The highest BCUT2D eigenvalue weighted by Gasteiger charge is 2.25. The second kappa shape index (κ2) is 7.60. The number of hydrogen-bond acceptors (Lipinski definition) is 4. The highest BCUT2D eigenvalue weighted by molar-refractivity contribution is 7.89. The first-order valence-corrected chi connectivity index (χ1v) is 8.61. The minimum atomic E-state index is -3.89. The second-order valence-corrected chi connectivity index (χ2v) is 6.96. The summed E-state index contributed by atoms with van der Waals surface area (Å²) in [6.07, 6.45) is 1.70. The fourth-order valence-corrected chi connectivity index (χ4v) is 3.68. The molecule has 0 aromatic heterocycles. The number of nitrogens with one attached hydrogen (secondary N) is 1. The first-order chi connectivity index (χ1) is 10.2. The van der Waals surface area contributed by atoms with Crippen molar-refractivity contribution >= 4 is 16.0 Å². The van der Waals surface area contributed by atoms with E-state index in [4.69, 9.17) is 9.84 Å². The van der Waals surface area contributed by atoms with E-state index in [1.807, 2.05) is 6.92 Å². The first-order valence-electron chi connectivity index (χ1n) is 7.13. The second-order valence-electron chi connectivity index (χ2n) is 5.24. The lowest BCUT2D eigenvalue weighted by molar-refractivity contribution is -0.139. The molecule has 0 aliphatic carbocycles. The van der Waals surface area contributed by atoms with Gasteiger partial charge in [0.1, 0.15) is 11.8 Å². The summed E-state index contributed by atoms with van der Waals surface area (Å²) in [6, 6.07) is 1.84. The van der Waals surface area contributed by atoms with Gasteiger partial charge in [0.15, 0.2) is 0 Å². The number of carboxylic acids is 1. The zero-order valence-electron chi connectivity index (χ0n) is 13.3. The maximum Gasteiger partial charge on any atom is 0.321 e. The van der Waals surface area contributed by atoms with Crippen molar-refractivity contribution in [3.05, 3.63) is 23.3 Å². The number of benzene rings is 1. The number of rotatable bonds is 8. The molecule has 0 spiro atoms. The van der Waals surface area contributed by atoms with E-state index >= 15 is 0 Å². The van der Waals surface area contributed by atoms with Gasteiger partial charge in [-0.15, -0.1) is 0 Å². The van der Waals surface area contributed by atoms with Crippen molar-refractivity contribution in [3.63, 3.8) is 0 Å². The van der Waals surface area contributed by atoms with Crippen LogP contribution in [0, 0.1) is 13.8 Å². The number of carbonyl (C=O) groups is 1. The first kappa shape index (κ1) is 18.4. The number of aryl methyl sites for hydroxylation is 2. The molecule has 0 amide bonds. The Balaban J connectivity index is 3.10. The third-order valence-corrected chi connectivity index (χ3v) is 4.84. The van der Waals surface area contributed by atoms with Gasteiger partial charge < -0.3 is 9.84 Å². The van der Waals surface area contributed by atoms with Crippen LogP contribution < -0.4 is 9.46 Å². The summed E-state index contributed by atoms with van der Waals surface area (Å²) in [5, 5.41) is 9.15. The van der Waals surface area contributed by atoms with Crippen molar-refractivity contribution < 1.29 is 23.1 Å². The maximum absolute atomic E-state index is 12.4. The van der Waals surface area contributed by atoms with Crippen LogP contribution in [0.1, 0.15) is 37.3 Å². The van der Waals surface area contributed by atoms with E-state index in [0.717, 1.165) is 6.42 Å². The van der Waals surface area contributed by atoms with Gasteiger partial charge in [0.25, 0.3) is 0 Å². The van der Waals surface area contributed by atoms with E-state index in [0.29, 0.717) is 23.3 Å². The number of methoxy groups -OCH3 is 1. The lowest BCUT2D eigenvalue weighted by atomic mass is 10.1. The number of aliphatic carboxylic acids is 1. The average molecular weight is 329 g/mol. The predicted molar refractivity (Wildman–Crippen MR) is 83.7 cm³/mol. The van der Waals surface area contributed by atoms with Gasteiger partial charge in [-0.1, -0.05) is 19.8 Å². The van der Waals surface area contributed by atoms with Gasteiger partial charge in [-0.25, -0.2) is 8.42 Å². The Hall–Kier alpha value is -1.60. The summed E-state index contributed by atoms with van der Waals surface area (Å²) < 4.78 is 32.3. The maximum atomic E-state index is 12.4. The summed E-state index contributed by atoms with van der Waals surface area (Å²) in [5.41, 5.74) is 1.37. The minimum Gasteiger partial charge on any atom is -0.496 e. The molecule has 0 unspecified atom stereocenters. The molecule has 1 rings (SSSR count). The molecule has 1 aromatic carbocycles. The molecule has 2 N–H and O–H groups in total. The van der Waals surface area contributed by atoms with Crippen LogP contribution in [-0.4, -0.2) is 32.6 Å². The molecule has 0 fully saturated rings. The number of ether oxygens (including phenoxy) is 1. The number of carboxylic acid groups (broad SMARTS) is 1. The smallest absolute Gasteiger partial charge is 0.321 e. The molecular weight excluding hydrogens is 306 g/mol. The molecule has 0 bridgehead atoms. The Bertz CT molecular complexity index is 616. The van der Waals surface area contributed by atoms with Gasteiger partial charge in [0, 0.05) is 0 Å². The average Bonchev–Trinajstić information content (AvgIpc) is 2.42. The lowest BCUT2D eigenvalue weighted by Crippen LogP contribution is -2.40. The minimum absolute atomic E-state index is 0.0473. The molecule has 0 aliphatic rings. The Morgan fingerprint density at radius 1 is 1.32 bits per heavy atom.